The highest BCUT2D eigenvalue weighted by atomic mass is 32.2. The van der Waals surface area contributed by atoms with Crippen molar-refractivity contribution in [2.45, 2.75) is 48.8 Å². The second-order valence-electron chi connectivity index (χ2n) is 8.12. The number of fused-ring (bicyclic) bond motifs is 1. The van der Waals surface area contributed by atoms with E-state index in [0.29, 0.717) is 19.5 Å². The highest BCUT2D eigenvalue weighted by Crippen LogP contribution is 2.66. The molecule has 30 heavy (non-hydrogen) atoms. The van der Waals surface area contributed by atoms with Gasteiger partial charge in [0.15, 0.2) is 0 Å². The normalized spacial score (nSPS) is 31.7. The van der Waals surface area contributed by atoms with Crippen molar-refractivity contribution in [3.8, 4) is 0 Å². The molecule has 3 fully saturated rings. The zero-order valence-electron chi connectivity index (χ0n) is 17.1. The van der Waals surface area contributed by atoms with Crippen molar-refractivity contribution in [3.05, 3.63) is 35.9 Å². The smallest absolute Gasteiger partial charge is 0.310 e. The molecule has 1 aromatic rings. The van der Waals surface area contributed by atoms with Crippen LogP contribution in [0.1, 0.15) is 31.7 Å². The molecule has 3 saturated heterocycles. The fraction of sp³-hybridized carbons (Fsp3) is 0.591. The lowest BCUT2D eigenvalue weighted by Gasteiger charge is -2.34. The van der Waals surface area contributed by atoms with E-state index in [0.717, 1.165) is 18.4 Å². The van der Waals surface area contributed by atoms with Gasteiger partial charge in [0.2, 0.25) is 11.8 Å². The summed E-state index contributed by atoms with van der Waals surface area (Å²) in [5.41, 5.74) is 0.985. The molecule has 2 unspecified atom stereocenters. The number of aliphatic hydroxyl groups is 1. The molecule has 0 saturated carbocycles. The predicted molar refractivity (Wildman–Crippen MR) is 112 cm³/mol. The van der Waals surface area contributed by atoms with E-state index in [-0.39, 0.29) is 36.2 Å². The monoisotopic (exact) mass is 432 g/mol. The van der Waals surface area contributed by atoms with Gasteiger partial charge in [0.1, 0.15) is 6.04 Å². The fourth-order valence-corrected chi connectivity index (χ4v) is 7.53. The molecule has 5 atom stereocenters. The lowest BCUT2D eigenvalue weighted by Crippen LogP contribution is -2.53. The Hall–Kier alpha value is -2.06. The van der Waals surface area contributed by atoms with E-state index < -0.39 is 22.6 Å². The number of ether oxygens (including phenoxy) is 1. The molecule has 1 spiro atoms. The van der Waals surface area contributed by atoms with Gasteiger partial charge < -0.3 is 20.1 Å². The van der Waals surface area contributed by atoms with Gasteiger partial charge in [0, 0.05) is 24.9 Å². The Balaban J connectivity index is 1.61. The summed E-state index contributed by atoms with van der Waals surface area (Å²) >= 11 is 1.62. The summed E-state index contributed by atoms with van der Waals surface area (Å²) in [5, 5.41) is 12.3. The van der Waals surface area contributed by atoms with E-state index >= 15 is 0 Å². The SMILES string of the molecule is CCOC(=O)[C@@H]1[C@H]2C(=O)N(CCCO)C(C(=O)NCc3ccccc3)C23CC[C@H]1S3. The largest absolute Gasteiger partial charge is 0.466 e. The van der Waals surface area contributed by atoms with Gasteiger partial charge >= 0.3 is 5.97 Å². The lowest BCUT2D eigenvalue weighted by atomic mass is 9.71. The van der Waals surface area contributed by atoms with Crippen LogP contribution in [0.25, 0.3) is 0 Å². The number of thioether (sulfide) groups is 1. The fourth-order valence-electron chi connectivity index (χ4n) is 5.32. The maximum atomic E-state index is 13.4. The number of hydrogen-bond donors (Lipinski definition) is 2. The molecule has 2 bridgehead atoms. The van der Waals surface area contributed by atoms with Crippen LogP contribution in [0.15, 0.2) is 30.3 Å². The average molecular weight is 433 g/mol. The van der Waals surface area contributed by atoms with Gasteiger partial charge in [-0.25, -0.2) is 0 Å². The second-order valence-corrected chi connectivity index (χ2v) is 9.72. The summed E-state index contributed by atoms with van der Waals surface area (Å²) < 4.78 is 4.68. The summed E-state index contributed by atoms with van der Waals surface area (Å²) in [6, 6.07) is 9.00. The standard InChI is InChI=1S/C22H28N2O5S/c1-2-29-21(28)16-15-9-10-22(30-15)17(16)20(27)24(11-6-12-25)18(22)19(26)23-13-14-7-4-3-5-8-14/h3-5,7-8,15-18,25H,2,6,9-13H2,1H3,(H,23,26)/t15-,16+,17+,18?,22?/m1/s1. The van der Waals surface area contributed by atoms with E-state index in [1.807, 2.05) is 30.3 Å². The van der Waals surface area contributed by atoms with Crippen molar-refractivity contribution in [2.24, 2.45) is 11.8 Å². The minimum absolute atomic E-state index is 0.0161. The molecule has 3 aliphatic heterocycles. The lowest BCUT2D eigenvalue weighted by molar-refractivity contribution is -0.153. The first-order valence-electron chi connectivity index (χ1n) is 10.6. The Bertz CT molecular complexity index is 819. The molecule has 0 radical (unpaired) electrons. The number of likely N-dealkylation sites (tertiary alicyclic amines) is 1. The Morgan fingerprint density at radius 3 is 2.80 bits per heavy atom. The molecule has 162 valence electrons. The van der Waals surface area contributed by atoms with E-state index in [9.17, 15) is 19.5 Å². The first kappa shape index (κ1) is 21.2. The Labute approximate surface area is 180 Å². The van der Waals surface area contributed by atoms with Crippen LogP contribution in [0.3, 0.4) is 0 Å². The van der Waals surface area contributed by atoms with Gasteiger partial charge in [-0.05, 0) is 31.7 Å². The number of nitrogens with zero attached hydrogens (tertiary/aromatic N) is 1. The van der Waals surface area contributed by atoms with Gasteiger partial charge in [-0.15, -0.1) is 11.8 Å². The number of nitrogens with one attached hydrogen (secondary N) is 1. The minimum Gasteiger partial charge on any atom is -0.466 e. The molecule has 3 heterocycles. The van der Waals surface area contributed by atoms with Crippen molar-refractivity contribution in [3.63, 3.8) is 0 Å². The Morgan fingerprint density at radius 1 is 1.33 bits per heavy atom. The van der Waals surface area contributed by atoms with Gasteiger partial charge in [-0.1, -0.05) is 30.3 Å². The number of carbonyl (C=O) groups excluding carboxylic acids is 3. The van der Waals surface area contributed by atoms with Gasteiger partial charge in [-0.2, -0.15) is 0 Å². The summed E-state index contributed by atoms with van der Waals surface area (Å²) in [7, 11) is 0. The van der Waals surface area contributed by atoms with Crippen LogP contribution in [0.5, 0.6) is 0 Å². The van der Waals surface area contributed by atoms with E-state index in [4.69, 9.17) is 4.74 Å². The summed E-state index contributed by atoms with van der Waals surface area (Å²) in [6.45, 7) is 2.66. The Morgan fingerprint density at radius 2 is 2.10 bits per heavy atom. The van der Waals surface area contributed by atoms with Crippen LogP contribution in [-0.2, 0) is 25.7 Å². The van der Waals surface area contributed by atoms with Crippen molar-refractivity contribution in [1.29, 1.82) is 0 Å². The van der Waals surface area contributed by atoms with Crippen molar-refractivity contribution in [1.82, 2.24) is 10.2 Å². The second kappa shape index (κ2) is 8.59. The average Bonchev–Trinajstić information content (AvgIpc) is 3.39. The summed E-state index contributed by atoms with van der Waals surface area (Å²) in [5.74, 6) is -1.71. The van der Waals surface area contributed by atoms with Crippen LogP contribution >= 0.6 is 11.8 Å². The zero-order chi connectivity index (χ0) is 21.3. The number of hydrogen-bond acceptors (Lipinski definition) is 6. The van der Waals surface area contributed by atoms with Gasteiger partial charge in [0.25, 0.3) is 0 Å². The maximum Gasteiger partial charge on any atom is 0.310 e. The van der Waals surface area contributed by atoms with Crippen LogP contribution in [0.2, 0.25) is 0 Å². The summed E-state index contributed by atoms with van der Waals surface area (Å²) in [6.07, 6.45) is 1.93. The third-order valence-corrected chi connectivity index (χ3v) is 8.43. The van der Waals surface area contributed by atoms with Gasteiger partial charge in [0.05, 0.1) is 23.2 Å². The number of amides is 2. The van der Waals surface area contributed by atoms with Crippen LogP contribution in [0.4, 0.5) is 0 Å². The highest BCUT2D eigenvalue weighted by molar-refractivity contribution is 8.02. The number of benzene rings is 1. The first-order chi connectivity index (χ1) is 14.5. The summed E-state index contributed by atoms with van der Waals surface area (Å²) in [4.78, 5) is 41.1. The highest BCUT2D eigenvalue weighted by Gasteiger charge is 2.73. The predicted octanol–water partition coefficient (Wildman–Crippen LogP) is 1.34. The minimum atomic E-state index is -0.639. The van der Waals surface area contributed by atoms with Crippen molar-refractivity contribution >= 4 is 29.5 Å². The number of esters is 1. The molecular weight excluding hydrogens is 404 g/mol. The molecular formula is C22H28N2O5S. The molecule has 8 heteroatoms. The van der Waals surface area contributed by atoms with E-state index in [1.54, 1.807) is 23.6 Å². The quantitative estimate of drug-likeness (QED) is 0.602. The molecule has 4 rings (SSSR count). The van der Waals surface area contributed by atoms with E-state index in [1.165, 1.54) is 0 Å². The topological polar surface area (TPSA) is 95.9 Å². The Kier molecular flexibility index (Phi) is 6.06. The van der Waals surface area contributed by atoms with Crippen LogP contribution in [0, 0.1) is 11.8 Å². The number of rotatable bonds is 8. The number of aliphatic hydroxyl groups excluding tert-OH is 1. The van der Waals surface area contributed by atoms with Crippen LogP contribution < -0.4 is 5.32 Å². The molecule has 3 aliphatic rings. The van der Waals surface area contributed by atoms with E-state index in [2.05, 4.69) is 5.32 Å². The van der Waals surface area contributed by atoms with Crippen LogP contribution in [-0.4, -0.2) is 63.6 Å². The maximum absolute atomic E-state index is 13.4. The third-order valence-electron chi connectivity index (χ3n) is 6.47. The molecule has 7 nitrogen and oxygen atoms in total. The van der Waals surface area contributed by atoms with Gasteiger partial charge in [-0.3, -0.25) is 14.4 Å². The molecule has 0 aromatic heterocycles. The molecule has 2 amide bonds. The first-order valence-corrected chi connectivity index (χ1v) is 11.5. The zero-order valence-corrected chi connectivity index (χ0v) is 17.9. The molecule has 0 aliphatic carbocycles. The van der Waals surface area contributed by atoms with Crippen molar-refractivity contribution < 1.29 is 24.2 Å². The third kappa shape index (κ3) is 3.39. The number of carbonyl (C=O) groups is 3. The molecule has 1 aromatic carbocycles. The molecule has 2 N–H and O–H groups in total. The van der Waals surface area contributed by atoms with Crippen molar-refractivity contribution in [2.75, 3.05) is 19.8 Å².